The van der Waals surface area contributed by atoms with Crippen molar-refractivity contribution in [3.8, 4) is 11.5 Å². The van der Waals surface area contributed by atoms with Gasteiger partial charge in [-0.2, -0.15) is 4.98 Å². The maximum atomic E-state index is 13.5. The van der Waals surface area contributed by atoms with Gasteiger partial charge in [0, 0.05) is 6.54 Å². The first-order valence-corrected chi connectivity index (χ1v) is 5.88. The van der Waals surface area contributed by atoms with Crippen molar-refractivity contribution in [1.82, 2.24) is 9.97 Å². The molecule has 0 saturated carbocycles. The SMILES string of the molecule is NNc1ncc(F)c(NCc2ccc3c(c2)OCO3)n1. The van der Waals surface area contributed by atoms with Gasteiger partial charge in [-0.15, -0.1) is 0 Å². The highest BCUT2D eigenvalue weighted by Gasteiger charge is 2.13. The summed E-state index contributed by atoms with van der Waals surface area (Å²) >= 11 is 0. The zero-order chi connectivity index (χ0) is 13.9. The number of rotatable bonds is 4. The second-order valence-corrected chi connectivity index (χ2v) is 4.08. The Morgan fingerprint density at radius 1 is 1.30 bits per heavy atom. The van der Waals surface area contributed by atoms with Gasteiger partial charge in [0.15, 0.2) is 23.1 Å². The summed E-state index contributed by atoms with van der Waals surface area (Å²) in [7, 11) is 0. The van der Waals surface area contributed by atoms with Crippen LogP contribution in [0.3, 0.4) is 0 Å². The Morgan fingerprint density at radius 2 is 2.15 bits per heavy atom. The number of hydrogen-bond acceptors (Lipinski definition) is 7. The smallest absolute Gasteiger partial charge is 0.239 e. The second kappa shape index (κ2) is 5.17. The van der Waals surface area contributed by atoms with E-state index in [1.165, 1.54) is 0 Å². The molecule has 7 nitrogen and oxygen atoms in total. The lowest BCUT2D eigenvalue weighted by Crippen LogP contribution is -2.13. The predicted octanol–water partition coefficient (Wildman–Crippen LogP) is 1.24. The van der Waals surface area contributed by atoms with Gasteiger partial charge >= 0.3 is 0 Å². The molecule has 0 atom stereocenters. The van der Waals surface area contributed by atoms with Crippen LogP contribution in [0.5, 0.6) is 11.5 Å². The molecule has 0 radical (unpaired) electrons. The van der Waals surface area contributed by atoms with E-state index in [1.54, 1.807) is 0 Å². The fraction of sp³-hybridized carbons (Fsp3) is 0.167. The molecule has 1 aliphatic heterocycles. The average molecular weight is 277 g/mol. The summed E-state index contributed by atoms with van der Waals surface area (Å²) in [5.41, 5.74) is 3.17. The molecule has 2 heterocycles. The average Bonchev–Trinajstić information content (AvgIpc) is 2.94. The fourth-order valence-electron chi connectivity index (χ4n) is 1.80. The predicted molar refractivity (Wildman–Crippen MR) is 69.7 cm³/mol. The van der Waals surface area contributed by atoms with Crippen LogP contribution in [0.15, 0.2) is 24.4 Å². The molecule has 1 aliphatic rings. The molecule has 0 fully saturated rings. The van der Waals surface area contributed by atoms with Crippen molar-refractivity contribution in [2.45, 2.75) is 6.54 Å². The molecule has 0 saturated heterocycles. The number of nitrogen functional groups attached to an aromatic ring is 1. The van der Waals surface area contributed by atoms with Crippen molar-refractivity contribution in [3.05, 3.63) is 35.8 Å². The summed E-state index contributed by atoms with van der Waals surface area (Å²) in [6, 6.07) is 5.50. The number of nitrogens with two attached hydrogens (primary N) is 1. The van der Waals surface area contributed by atoms with Gasteiger partial charge in [0.25, 0.3) is 0 Å². The minimum atomic E-state index is -0.551. The standard InChI is InChI=1S/C12H12FN5O2/c13-8-5-16-12(18-14)17-11(8)15-4-7-1-2-9-10(3-7)20-6-19-9/h1-3,5H,4,6,14H2,(H2,15,16,17,18). The van der Waals surface area contributed by atoms with Gasteiger partial charge in [-0.1, -0.05) is 6.07 Å². The molecular formula is C12H12FN5O2. The molecule has 8 heteroatoms. The highest BCUT2D eigenvalue weighted by molar-refractivity contribution is 5.46. The molecule has 2 aromatic rings. The second-order valence-electron chi connectivity index (χ2n) is 4.08. The molecule has 20 heavy (non-hydrogen) atoms. The Labute approximate surface area is 113 Å². The van der Waals surface area contributed by atoms with Gasteiger partial charge in [-0.05, 0) is 17.7 Å². The quantitative estimate of drug-likeness (QED) is 0.571. The number of nitrogens with one attached hydrogen (secondary N) is 2. The minimum absolute atomic E-state index is 0.0746. The number of benzene rings is 1. The molecule has 0 amide bonds. The van der Waals surface area contributed by atoms with Gasteiger partial charge in [-0.3, -0.25) is 5.43 Å². The van der Waals surface area contributed by atoms with Crippen LogP contribution in [0.4, 0.5) is 16.2 Å². The highest BCUT2D eigenvalue weighted by Crippen LogP contribution is 2.32. The normalized spacial score (nSPS) is 12.3. The first kappa shape index (κ1) is 12.4. The molecule has 1 aromatic carbocycles. The van der Waals surface area contributed by atoms with E-state index in [0.29, 0.717) is 18.0 Å². The lowest BCUT2D eigenvalue weighted by molar-refractivity contribution is 0.174. The molecule has 1 aromatic heterocycles. The van der Waals surface area contributed by atoms with Gasteiger partial charge in [0.05, 0.1) is 6.20 Å². The first-order chi connectivity index (χ1) is 9.76. The molecule has 0 unspecified atom stereocenters. The van der Waals surface area contributed by atoms with Crippen molar-refractivity contribution in [3.63, 3.8) is 0 Å². The summed E-state index contributed by atoms with van der Waals surface area (Å²) in [6.45, 7) is 0.604. The molecule has 0 aliphatic carbocycles. The van der Waals surface area contributed by atoms with Crippen molar-refractivity contribution >= 4 is 11.8 Å². The lowest BCUT2D eigenvalue weighted by Gasteiger charge is -2.08. The lowest BCUT2D eigenvalue weighted by atomic mass is 10.2. The van der Waals surface area contributed by atoms with E-state index >= 15 is 0 Å². The molecule has 4 N–H and O–H groups in total. The van der Waals surface area contributed by atoms with E-state index in [-0.39, 0.29) is 18.6 Å². The van der Waals surface area contributed by atoms with Crippen LogP contribution in [0.1, 0.15) is 5.56 Å². The number of halogens is 1. The van der Waals surface area contributed by atoms with Gasteiger partial charge in [0.2, 0.25) is 12.7 Å². The number of hydrogen-bond donors (Lipinski definition) is 3. The van der Waals surface area contributed by atoms with Crippen LogP contribution in [0.25, 0.3) is 0 Å². The van der Waals surface area contributed by atoms with E-state index in [2.05, 4.69) is 20.7 Å². The van der Waals surface area contributed by atoms with E-state index in [4.69, 9.17) is 15.3 Å². The number of fused-ring (bicyclic) bond motifs is 1. The molecular weight excluding hydrogens is 265 g/mol. The third kappa shape index (κ3) is 2.41. The summed E-state index contributed by atoms with van der Waals surface area (Å²) in [6.07, 6.45) is 1.05. The van der Waals surface area contributed by atoms with E-state index in [0.717, 1.165) is 11.8 Å². The van der Waals surface area contributed by atoms with Crippen molar-refractivity contribution < 1.29 is 13.9 Å². The zero-order valence-electron chi connectivity index (χ0n) is 10.4. The number of aromatic nitrogens is 2. The van der Waals surface area contributed by atoms with Gasteiger partial charge in [0.1, 0.15) is 0 Å². The number of anilines is 2. The third-order valence-corrected chi connectivity index (χ3v) is 2.77. The van der Waals surface area contributed by atoms with E-state index in [1.807, 2.05) is 18.2 Å². The maximum absolute atomic E-state index is 13.5. The van der Waals surface area contributed by atoms with Crippen LogP contribution >= 0.6 is 0 Å². The van der Waals surface area contributed by atoms with Crippen molar-refractivity contribution in [1.29, 1.82) is 0 Å². The maximum Gasteiger partial charge on any atom is 0.239 e. The largest absolute Gasteiger partial charge is 0.454 e. The fourth-order valence-corrected chi connectivity index (χ4v) is 1.80. The Morgan fingerprint density at radius 3 is 3.00 bits per heavy atom. The van der Waals surface area contributed by atoms with Crippen molar-refractivity contribution in [2.75, 3.05) is 17.5 Å². The Kier molecular flexibility index (Phi) is 3.21. The van der Waals surface area contributed by atoms with Crippen LogP contribution in [0, 0.1) is 5.82 Å². The monoisotopic (exact) mass is 277 g/mol. The number of hydrazine groups is 1. The zero-order valence-corrected chi connectivity index (χ0v) is 10.4. The van der Waals surface area contributed by atoms with Crippen LogP contribution < -0.4 is 26.1 Å². The van der Waals surface area contributed by atoms with Crippen molar-refractivity contribution in [2.24, 2.45) is 5.84 Å². The Hall–Kier alpha value is -2.61. The summed E-state index contributed by atoms with van der Waals surface area (Å²) in [5.74, 6) is 6.23. The van der Waals surface area contributed by atoms with Crippen LogP contribution in [-0.4, -0.2) is 16.8 Å². The Bertz CT molecular complexity index is 637. The highest BCUT2D eigenvalue weighted by atomic mass is 19.1. The molecule has 3 rings (SSSR count). The first-order valence-electron chi connectivity index (χ1n) is 5.88. The summed E-state index contributed by atoms with van der Waals surface area (Å²) in [5, 5.41) is 2.88. The van der Waals surface area contributed by atoms with Gasteiger partial charge in [-0.25, -0.2) is 15.2 Å². The Balaban J connectivity index is 1.73. The van der Waals surface area contributed by atoms with Crippen LogP contribution in [0.2, 0.25) is 0 Å². The summed E-state index contributed by atoms with van der Waals surface area (Å²) in [4.78, 5) is 7.55. The molecule has 104 valence electrons. The summed E-state index contributed by atoms with van der Waals surface area (Å²) < 4.78 is 24.0. The minimum Gasteiger partial charge on any atom is -0.454 e. The molecule has 0 bridgehead atoms. The number of nitrogens with zero attached hydrogens (tertiary/aromatic N) is 2. The third-order valence-electron chi connectivity index (χ3n) is 2.77. The molecule has 0 spiro atoms. The van der Waals surface area contributed by atoms with E-state index < -0.39 is 5.82 Å². The topological polar surface area (TPSA) is 94.3 Å². The van der Waals surface area contributed by atoms with Gasteiger partial charge < -0.3 is 14.8 Å². The van der Waals surface area contributed by atoms with Crippen LogP contribution in [-0.2, 0) is 6.54 Å². The number of ether oxygens (including phenoxy) is 2. The van der Waals surface area contributed by atoms with E-state index in [9.17, 15) is 4.39 Å².